The molecule has 0 radical (unpaired) electrons. The maximum atomic E-state index is 12.5. The molecular formula is C7H9F3N2O3S. The van der Waals surface area contributed by atoms with E-state index in [0.717, 1.165) is 12.1 Å². The summed E-state index contributed by atoms with van der Waals surface area (Å²) >= 11 is 0. The van der Waals surface area contributed by atoms with Gasteiger partial charge in [0.15, 0.2) is 17.4 Å². The first-order chi connectivity index (χ1) is 7.16. The number of rotatable bonds is 1. The molecule has 0 aliphatic rings. The largest absolute Gasteiger partial charge is 0.494 e. The fraction of sp³-hybridized carbons (Fsp3) is 0.143. The minimum Gasteiger partial charge on any atom is -0.494 e. The third-order valence-electron chi connectivity index (χ3n) is 1.22. The molecule has 16 heavy (non-hydrogen) atoms. The van der Waals surface area contributed by atoms with Crippen LogP contribution in [0.3, 0.4) is 0 Å². The molecule has 0 heterocycles. The van der Waals surface area contributed by atoms with Crippen molar-refractivity contribution in [3.8, 4) is 5.75 Å². The van der Waals surface area contributed by atoms with Crippen LogP contribution >= 0.6 is 0 Å². The summed E-state index contributed by atoms with van der Waals surface area (Å²) in [5, 5.41) is 8.21. The summed E-state index contributed by atoms with van der Waals surface area (Å²) in [5.74, 6) is -4.33. The highest BCUT2D eigenvalue weighted by Crippen LogP contribution is 2.20. The molecule has 1 aromatic rings. The minimum atomic E-state index is -3.67. The van der Waals surface area contributed by atoms with E-state index >= 15 is 0 Å². The number of hydrogen-bond donors (Lipinski definition) is 2. The molecule has 0 spiro atoms. The van der Waals surface area contributed by atoms with Crippen molar-refractivity contribution < 1.29 is 26.3 Å². The molecule has 5 nitrogen and oxygen atoms in total. The zero-order valence-electron chi connectivity index (χ0n) is 8.08. The molecular weight excluding hydrogens is 249 g/mol. The van der Waals surface area contributed by atoms with Crippen LogP contribution in [0, 0.1) is 17.5 Å². The third-order valence-corrected chi connectivity index (χ3v) is 1.22. The summed E-state index contributed by atoms with van der Waals surface area (Å²) < 4.78 is 59.9. The summed E-state index contributed by atoms with van der Waals surface area (Å²) in [6.45, 7) is 0. The summed E-state index contributed by atoms with van der Waals surface area (Å²) in [4.78, 5) is 0. The summed E-state index contributed by atoms with van der Waals surface area (Å²) in [6.07, 6.45) is 0. The highest BCUT2D eigenvalue weighted by atomic mass is 32.2. The van der Waals surface area contributed by atoms with Gasteiger partial charge in [-0.25, -0.2) is 19.1 Å². The Morgan fingerprint density at radius 1 is 1.12 bits per heavy atom. The van der Waals surface area contributed by atoms with E-state index in [1.165, 1.54) is 7.11 Å². The lowest BCUT2D eigenvalue weighted by Gasteiger charge is -2.01. The van der Waals surface area contributed by atoms with Crippen LogP contribution < -0.4 is 15.0 Å². The second kappa shape index (κ2) is 5.68. The smallest absolute Gasteiger partial charge is 0.271 e. The van der Waals surface area contributed by atoms with Gasteiger partial charge in [-0.1, -0.05) is 0 Å². The second-order valence-corrected chi connectivity index (χ2v) is 3.64. The molecule has 0 unspecified atom stereocenters. The monoisotopic (exact) mass is 258 g/mol. The Hall–Kier alpha value is -1.32. The zero-order valence-corrected chi connectivity index (χ0v) is 8.89. The number of halogens is 3. The van der Waals surface area contributed by atoms with Crippen LogP contribution in [-0.2, 0) is 10.2 Å². The number of ether oxygens (including phenoxy) is 1. The number of hydrogen-bond acceptors (Lipinski definition) is 3. The van der Waals surface area contributed by atoms with Crippen molar-refractivity contribution in [3.63, 3.8) is 0 Å². The van der Waals surface area contributed by atoms with Crippen LogP contribution in [-0.4, -0.2) is 15.5 Å². The standard InChI is InChI=1S/C7H5F3O.H4N2O2S/c1-11-5-3-2-4(8)6(9)7(5)10;1-5(2,3)4/h2-3H,1H3;(H4,1,2,3,4). The lowest BCUT2D eigenvalue weighted by atomic mass is 10.3. The predicted molar refractivity (Wildman–Crippen MR) is 50.2 cm³/mol. The Kier molecular flexibility index (Phi) is 5.21. The first-order valence-corrected chi connectivity index (χ1v) is 5.25. The van der Waals surface area contributed by atoms with Crippen molar-refractivity contribution in [2.45, 2.75) is 0 Å². The molecule has 0 atom stereocenters. The number of nitrogens with two attached hydrogens (primary N) is 2. The lowest BCUT2D eigenvalue weighted by molar-refractivity contribution is 0.360. The van der Waals surface area contributed by atoms with Gasteiger partial charge in [-0.2, -0.15) is 12.8 Å². The minimum absolute atomic E-state index is 0.302. The van der Waals surface area contributed by atoms with E-state index in [0.29, 0.717) is 0 Å². The van der Waals surface area contributed by atoms with Crippen LogP contribution in [0.25, 0.3) is 0 Å². The topological polar surface area (TPSA) is 95.4 Å². The summed E-state index contributed by atoms with van der Waals surface area (Å²) in [6, 6.07) is 1.82. The van der Waals surface area contributed by atoms with Gasteiger partial charge in [0.25, 0.3) is 10.2 Å². The zero-order chi connectivity index (χ0) is 12.9. The van der Waals surface area contributed by atoms with E-state index in [2.05, 4.69) is 15.0 Å². The van der Waals surface area contributed by atoms with Crippen LogP contribution in [0.15, 0.2) is 12.1 Å². The van der Waals surface area contributed by atoms with E-state index in [4.69, 9.17) is 0 Å². The molecule has 0 aromatic heterocycles. The van der Waals surface area contributed by atoms with Crippen LogP contribution in [0.4, 0.5) is 13.2 Å². The molecule has 4 N–H and O–H groups in total. The molecule has 9 heteroatoms. The van der Waals surface area contributed by atoms with Crippen LogP contribution in [0.1, 0.15) is 0 Å². The fourth-order valence-corrected chi connectivity index (χ4v) is 0.666. The maximum absolute atomic E-state index is 12.5. The lowest BCUT2D eigenvalue weighted by Crippen LogP contribution is -2.21. The fourth-order valence-electron chi connectivity index (χ4n) is 0.666. The second-order valence-electron chi connectivity index (χ2n) is 2.47. The van der Waals surface area contributed by atoms with Gasteiger partial charge in [-0.3, -0.25) is 0 Å². The Morgan fingerprint density at radius 2 is 1.56 bits per heavy atom. The van der Waals surface area contributed by atoms with Gasteiger partial charge in [0, 0.05) is 0 Å². The molecule has 0 bridgehead atoms. The van der Waals surface area contributed by atoms with Crippen LogP contribution in [0.5, 0.6) is 5.75 Å². The van der Waals surface area contributed by atoms with Gasteiger partial charge >= 0.3 is 0 Å². The Balaban J connectivity index is 0.000000385. The average molecular weight is 258 g/mol. The molecule has 0 saturated heterocycles. The molecule has 0 fully saturated rings. The van der Waals surface area contributed by atoms with Gasteiger partial charge in [0.1, 0.15) is 0 Å². The van der Waals surface area contributed by atoms with Crippen molar-refractivity contribution in [3.05, 3.63) is 29.6 Å². The van der Waals surface area contributed by atoms with Gasteiger partial charge in [-0.15, -0.1) is 0 Å². The molecule has 0 aliphatic heterocycles. The van der Waals surface area contributed by atoms with Gasteiger partial charge < -0.3 is 4.74 Å². The molecule has 0 saturated carbocycles. The van der Waals surface area contributed by atoms with Crippen molar-refractivity contribution >= 4 is 10.2 Å². The highest BCUT2D eigenvalue weighted by Gasteiger charge is 2.12. The summed E-state index contributed by atoms with van der Waals surface area (Å²) in [7, 11) is -2.49. The van der Waals surface area contributed by atoms with Gasteiger partial charge in [0.2, 0.25) is 5.82 Å². The first-order valence-electron chi connectivity index (χ1n) is 3.64. The Bertz CT molecular complexity index is 456. The summed E-state index contributed by atoms with van der Waals surface area (Å²) in [5.41, 5.74) is 0. The average Bonchev–Trinajstić information content (AvgIpc) is 2.12. The molecule has 1 aromatic carbocycles. The highest BCUT2D eigenvalue weighted by molar-refractivity contribution is 7.86. The molecule has 92 valence electrons. The Morgan fingerprint density at radius 3 is 1.94 bits per heavy atom. The van der Waals surface area contributed by atoms with Crippen molar-refractivity contribution in [1.29, 1.82) is 0 Å². The molecule has 0 amide bonds. The van der Waals surface area contributed by atoms with Crippen molar-refractivity contribution in [2.24, 2.45) is 10.3 Å². The number of methoxy groups -OCH3 is 1. The quantitative estimate of drug-likeness (QED) is 0.707. The first kappa shape index (κ1) is 14.7. The van der Waals surface area contributed by atoms with Crippen LogP contribution in [0.2, 0.25) is 0 Å². The van der Waals surface area contributed by atoms with E-state index < -0.39 is 27.7 Å². The predicted octanol–water partition coefficient (Wildman–Crippen LogP) is 0.261. The van der Waals surface area contributed by atoms with Gasteiger partial charge in [0.05, 0.1) is 7.11 Å². The number of benzene rings is 1. The van der Waals surface area contributed by atoms with Gasteiger partial charge in [-0.05, 0) is 12.1 Å². The normalized spacial score (nSPS) is 10.4. The molecule has 0 aliphatic carbocycles. The van der Waals surface area contributed by atoms with Crippen molar-refractivity contribution in [1.82, 2.24) is 0 Å². The Labute approximate surface area is 90.0 Å². The van der Waals surface area contributed by atoms with E-state index in [1.807, 2.05) is 0 Å². The van der Waals surface area contributed by atoms with Crippen molar-refractivity contribution in [2.75, 3.05) is 7.11 Å². The SMILES string of the molecule is COc1ccc(F)c(F)c1F.NS(N)(=O)=O. The van der Waals surface area contributed by atoms with E-state index in [1.54, 1.807) is 0 Å². The van der Waals surface area contributed by atoms with E-state index in [9.17, 15) is 21.6 Å². The maximum Gasteiger partial charge on any atom is 0.271 e. The molecule has 1 rings (SSSR count). The van der Waals surface area contributed by atoms with E-state index in [-0.39, 0.29) is 5.75 Å². The third kappa shape index (κ3) is 5.53.